The molecule has 2 N–H and O–H groups in total. The van der Waals surface area contributed by atoms with Crippen LogP contribution in [0.4, 0.5) is 4.39 Å². The Kier molecular flexibility index (Phi) is 4.35. The van der Waals surface area contributed by atoms with E-state index in [0.717, 1.165) is 19.4 Å². The lowest BCUT2D eigenvalue weighted by Crippen LogP contribution is -2.46. The molecular weight excluding hydrogens is 299 g/mol. The number of hydrogen-bond donors (Lipinski definition) is 1. The van der Waals surface area contributed by atoms with Crippen molar-refractivity contribution in [2.24, 2.45) is 5.73 Å². The Morgan fingerprint density at radius 3 is 3.00 bits per heavy atom. The maximum atomic E-state index is 13.3. The first-order chi connectivity index (χ1) is 8.56. The molecule has 1 aromatic carbocycles. The molecule has 0 saturated carbocycles. The highest BCUT2D eigenvalue weighted by atomic mass is 79.9. The van der Waals surface area contributed by atoms with E-state index >= 15 is 0 Å². The zero-order valence-electron chi connectivity index (χ0n) is 10.0. The van der Waals surface area contributed by atoms with Crippen molar-refractivity contribution in [3.8, 4) is 0 Å². The molecule has 0 aliphatic carbocycles. The third-order valence-electron chi connectivity index (χ3n) is 3.15. The molecule has 1 fully saturated rings. The summed E-state index contributed by atoms with van der Waals surface area (Å²) in [6, 6.07) is 4.85. The predicted molar refractivity (Wildman–Crippen MR) is 71.6 cm³/mol. The Morgan fingerprint density at radius 1 is 1.56 bits per heavy atom. The van der Waals surface area contributed by atoms with E-state index in [0.29, 0.717) is 16.6 Å². The van der Waals surface area contributed by atoms with E-state index in [9.17, 15) is 9.18 Å². The lowest BCUT2D eigenvalue weighted by atomic mass is 10.1. The van der Waals surface area contributed by atoms with Crippen LogP contribution in [0.5, 0.6) is 0 Å². The zero-order valence-corrected chi connectivity index (χ0v) is 11.6. The van der Waals surface area contributed by atoms with E-state index in [-0.39, 0.29) is 24.2 Å². The number of piperidine rings is 1. The van der Waals surface area contributed by atoms with E-state index in [1.54, 1.807) is 17.0 Å². The van der Waals surface area contributed by atoms with Crippen molar-refractivity contribution in [3.63, 3.8) is 0 Å². The molecule has 1 aromatic rings. The van der Waals surface area contributed by atoms with Gasteiger partial charge in [-0.15, -0.1) is 0 Å². The van der Waals surface area contributed by atoms with Crippen molar-refractivity contribution in [1.82, 2.24) is 4.90 Å². The van der Waals surface area contributed by atoms with Gasteiger partial charge in [-0.25, -0.2) is 4.39 Å². The normalized spacial score (nSPS) is 19.9. The summed E-state index contributed by atoms with van der Waals surface area (Å²) >= 11 is 3.09. The molecule has 1 aliphatic heterocycles. The van der Waals surface area contributed by atoms with Gasteiger partial charge in [-0.05, 0) is 46.5 Å². The Hall–Kier alpha value is -0.940. The molecule has 2 rings (SSSR count). The lowest BCUT2D eigenvalue weighted by molar-refractivity contribution is -0.131. The van der Waals surface area contributed by atoms with E-state index in [1.165, 1.54) is 6.07 Å². The van der Waals surface area contributed by atoms with Gasteiger partial charge in [0.15, 0.2) is 0 Å². The van der Waals surface area contributed by atoms with Crippen LogP contribution < -0.4 is 5.73 Å². The van der Waals surface area contributed by atoms with Crippen molar-refractivity contribution in [3.05, 3.63) is 34.1 Å². The van der Waals surface area contributed by atoms with Gasteiger partial charge in [0.05, 0.1) is 10.9 Å². The van der Waals surface area contributed by atoms with Gasteiger partial charge in [0, 0.05) is 19.1 Å². The fraction of sp³-hybridized carbons (Fsp3) is 0.462. The van der Waals surface area contributed by atoms with Gasteiger partial charge < -0.3 is 10.6 Å². The molecule has 1 amide bonds. The average Bonchev–Trinajstić information content (AvgIpc) is 2.34. The summed E-state index contributed by atoms with van der Waals surface area (Å²) in [5.74, 6) is -0.317. The molecule has 0 bridgehead atoms. The van der Waals surface area contributed by atoms with Crippen LogP contribution in [0.2, 0.25) is 0 Å². The third-order valence-corrected chi connectivity index (χ3v) is 3.79. The Bertz CT molecular complexity index is 453. The summed E-state index contributed by atoms with van der Waals surface area (Å²) in [6.45, 7) is 1.36. The quantitative estimate of drug-likeness (QED) is 0.908. The minimum atomic E-state index is -0.337. The number of amides is 1. The number of nitrogens with zero attached hydrogens (tertiary/aromatic N) is 1. The second-order valence-corrected chi connectivity index (χ2v) is 5.52. The second kappa shape index (κ2) is 5.80. The van der Waals surface area contributed by atoms with Crippen LogP contribution in [0, 0.1) is 5.82 Å². The Balaban J connectivity index is 2.00. The molecule has 3 nitrogen and oxygen atoms in total. The highest BCUT2D eigenvalue weighted by molar-refractivity contribution is 9.10. The minimum absolute atomic E-state index is 0.0203. The van der Waals surface area contributed by atoms with Gasteiger partial charge in [0.1, 0.15) is 5.82 Å². The monoisotopic (exact) mass is 314 g/mol. The number of halogens is 2. The van der Waals surface area contributed by atoms with Gasteiger partial charge in [0.2, 0.25) is 5.91 Å². The SMILES string of the molecule is N[C@@H]1CCCN(C(=O)Cc2ccc(Br)c(F)c2)C1. The highest BCUT2D eigenvalue weighted by Gasteiger charge is 2.21. The van der Waals surface area contributed by atoms with Crippen LogP contribution in [0.25, 0.3) is 0 Å². The van der Waals surface area contributed by atoms with Crippen molar-refractivity contribution in [2.75, 3.05) is 13.1 Å². The summed E-state index contributed by atoms with van der Waals surface area (Å²) < 4.78 is 13.8. The molecule has 1 heterocycles. The van der Waals surface area contributed by atoms with Crippen LogP contribution in [-0.4, -0.2) is 29.9 Å². The maximum Gasteiger partial charge on any atom is 0.227 e. The van der Waals surface area contributed by atoms with Gasteiger partial charge >= 0.3 is 0 Å². The van der Waals surface area contributed by atoms with Crippen LogP contribution in [0.3, 0.4) is 0 Å². The van der Waals surface area contributed by atoms with Gasteiger partial charge in [-0.1, -0.05) is 6.07 Å². The largest absolute Gasteiger partial charge is 0.341 e. The van der Waals surface area contributed by atoms with Crippen molar-refractivity contribution >= 4 is 21.8 Å². The van der Waals surface area contributed by atoms with E-state index in [4.69, 9.17) is 5.73 Å². The third kappa shape index (κ3) is 3.29. The van der Waals surface area contributed by atoms with Gasteiger partial charge in [0.25, 0.3) is 0 Å². The molecule has 0 unspecified atom stereocenters. The molecular formula is C13H16BrFN2O. The summed E-state index contributed by atoms with van der Waals surface area (Å²) in [5, 5.41) is 0. The molecule has 0 radical (unpaired) electrons. The topological polar surface area (TPSA) is 46.3 Å². The summed E-state index contributed by atoms with van der Waals surface area (Å²) in [6.07, 6.45) is 2.15. The first kappa shape index (κ1) is 13.5. The predicted octanol–water partition coefficient (Wildman–Crippen LogP) is 2.08. The number of likely N-dealkylation sites (tertiary alicyclic amines) is 1. The molecule has 0 aromatic heterocycles. The fourth-order valence-electron chi connectivity index (χ4n) is 2.17. The van der Waals surface area contributed by atoms with Crippen LogP contribution in [-0.2, 0) is 11.2 Å². The molecule has 1 saturated heterocycles. The summed E-state index contributed by atoms with van der Waals surface area (Å²) in [4.78, 5) is 13.8. The number of carbonyl (C=O) groups excluding carboxylic acids is 1. The molecule has 0 spiro atoms. The minimum Gasteiger partial charge on any atom is -0.341 e. The Labute approximate surface area is 114 Å². The number of rotatable bonds is 2. The Morgan fingerprint density at radius 2 is 2.33 bits per heavy atom. The van der Waals surface area contributed by atoms with Gasteiger partial charge in [-0.2, -0.15) is 0 Å². The molecule has 1 atom stereocenters. The lowest BCUT2D eigenvalue weighted by Gasteiger charge is -2.30. The summed E-state index contributed by atoms with van der Waals surface area (Å²) in [7, 11) is 0. The number of carbonyl (C=O) groups is 1. The first-order valence-corrected chi connectivity index (χ1v) is 6.83. The highest BCUT2D eigenvalue weighted by Crippen LogP contribution is 2.17. The molecule has 5 heteroatoms. The van der Waals surface area contributed by atoms with Crippen molar-refractivity contribution < 1.29 is 9.18 Å². The van der Waals surface area contributed by atoms with E-state index in [1.807, 2.05) is 0 Å². The van der Waals surface area contributed by atoms with Crippen molar-refractivity contribution in [1.29, 1.82) is 0 Å². The molecule has 1 aliphatic rings. The van der Waals surface area contributed by atoms with Crippen molar-refractivity contribution in [2.45, 2.75) is 25.3 Å². The first-order valence-electron chi connectivity index (χ1n) is 6.03. The maximum absolute atomic E-state index is 13.3. The zero-order chi connectivity index (χ0) is 13.1. The van der Waals surface area contributed by atoms with E-state index < -0.39 is 0 Å². The van der Waals surface area contributed by atoms with E-state index in [2.05, 4.69) is 15.9 Å². The molecule has 98 valence electrons. The van der Waals surface area contributed by atoms with Crippen LogP contribution in [0.15, 0.2) is 22.7 Å². The number of hydrogen-bond acceptors (Lipinski definition) is 2. The second-order valence-electron chi connectivity index (χ2n) is 4.67. The van der Waals surface area contributed by atoms with Crippen LogP contribution in [0.1, 0.15) is 18.4 Å². The average molecular weight is 315 g/mol. The number of benzene rings is 1. The smallest absolute Gasteiger partial charge is 0.227 e. The van der Waals surface area contributed by atoms with Gasteiger partial charge in [-0.3, -0.25) is 4.79 Å². The molecule has 18 heavy (non-hydrogen) atoms. The van der Waals surface area contributed by atoms with Crippen LogP contribution >= 0.6 is 15.9 Å². The standard InChI is InChI=1S/C13H16BrFN2O/c14-11-4-3-9(6-12(11)15)7-13(18)17-5-1-2-10(16)8-17/h3-4,6,10H,1-2,5,7-8,16H2/t10-/m1/s1. The number of nitrogens with two attached hydrogens (primary N) is 1. The summed E-state index contributed by atoms with van der Waals surface area (Å²) in [5.41, 5.74) is 6.53. The fourth-order valence-corrected chi connectivity index (χ4v) is 2.42.